The van der Waals surface area contributed by atoms with Crippen molar-refractivity contribution in [2.24, 2.45) is 5.92 Å². The van der Waals surface area contributed by atoms with E-state index in [0.717, 1.165) is 28.9 Å². The molecule has 1 aliphatic carbocycles. The lowest BCUT2D eigenvalue weighted by Crippen LogP contribution is -2.30. The summed E-state index contributed by atoms with van der Waals surface area (Å²) in [7, 11) is 0. The number of rotatable bonds is 8. The standard InChI is InChI=1S/C16H23BrN2O2/c1-11(2)18-9-13-4-3-5-14(17)16(13)21-10-15(20)19-8-12-6-7-12/h3-5,11-12,18H,6-10H2,1-2H3,(H,19,20). The van der Waals surface area contributed by atoms with Crippen LogP contribution in [-0.2, 0) is 11.3 Å². The third kappa shape index (κ3) is 5.67. The third-order valence-electron chi connectivity index (χ3n) is 3.38. The summed E-state index contributed by atoms with van der Waals surface area (Å²) >= 11 is 3.49. The molecule has 1 saturated carbocycles. The van der Waals surface area contributed by atoms with Crippen molar-refractivity contribution in [2.45, 2.75) is 39.3 Å². The number of para-hydroxylation sites is 1. The fraction of sp³-hybridized carbons (Fsp3) is 0.562. The lowest BCUT2D eigenvalue weighted by Gasteiger charge is -2.15. The van der Waals surface area contributed by atoms with Crippen LogP contribution in [-0.4, -0.2) is 25.1 Å². The molecule has 116 valence electrons. The Labute approximate surface area is 134 Å². The predicted octanol–water partition coefficient (Wildman–Crippen LogP) is 2.85. The summed E-state index contributed by atoms with van der Waals surface area (Å²) in [6.45, 7) is 5.76. The number of halogens is 1. The Morgan fingerprint density at radius 1 is 1.43 bits per heavy atom. The zero-order valence-electron chi connectivity index (χ0n) is 12.6. The third-order valence-corrected chi connectivity index (χ3v) is 4.01. The molecule has 1 aromatic carbocycles. The topological polar surface area (TPSA) is 50.4 Å². The van der Waals surface area contributed by atoms with E-state index in [0.29, 0.717) is 12.0 Å². The van der Waals surface area contributed by atoms with E-state index in [-0.39, 0.29) is 12.5 Å². The van der Waals surface area contributed by atoms with Crippen molar-refractivity contribution in [2.75, 3.05) is 13.2 Å². The maximum Gasteiger partial charge on any atom is 0.257 e. The molecule has 0 saturated heterocycles. The van der Waals surface area contributed by atoms with E-state index >= 15 is 0 Å². The minimum Gasteiger partial charge on any atom is -0.482 e. The number of ether oxygens (including phenoxy) is 1. The van der Waals surface area contributed by atoms with Gasteiger partial charge >= 0.3 is 0 Å². The highest BCUT2D eigenvalue weighted by atomic mass is 79.9. The van der Waals surface area contributed by atoms with Gasteiger partial charge in [0.05, 0.1) is 4.47 Å². The van der Waals surface area contributed by atoms with Crippen LogP contribution in [0.15, 0.2) is 22.7 Å². The molecule has 0 spiro atoms. The Morgan fingerprint density at radius 3 is 2.86 bits per heavy atom. The van der Waals surface area contributed by atoms with E-state index in [1.165, 1.54) is 12.8 Å². The van der Waals surface area contributed by atoms with Gasteiger partial charge in [-0.25, -0.2) is 0 Å². The first-order valence-corrected chi connectivity index (χ1v) is 8.26. The molecule has 0 unspecified atom stereocenters. The maximum atomic E-state index is 11.8. The van der Waals surface area contributed by atoms with Crippen LogP contribution in [0.2, 0.25) is 0 Å². The van der Waals surface area contributed by atoms with Gasteiger partial charge in [-0.05, 0) is 40.8 Å². The van der Waals surface area contributed by atoms with Crippen LogP contribution < -0.4 is 15.4 Å². The first-order valence-electron chi connectivity index (χ1n) is 7.46. The first kappa shape index (κ1) is 16.3. The van der Waals surface area contributed by atoms with Crippen molar-refractivity contribution < 1.29 is 9.53 Å². The Hall–Kier alpha value is -1.07. The zero-order chi connectivity index (χ0) is 15.2. The molecule has 4 nitrogen and oxygen atoms in total. The van der Waals surface area contributed by atoms with E-state index in [1.807, 2.05) is 18.2 Å². The van der Waals surface area contributed by atoms with Crippen LogP contribution in [0.1, 0.15) is 32.3 Å². The van der Waals surface area contributed by atoms with Gasteiger partial charge in [0, 0.05) is 24.7 Å². The van der Waals surface area contributed by atoms with Crippen LogP contribution >= 0.6 is 15.9 Å². The molecule has 1 amide bonds. The van der Waals surface area contributed by atoms with Gasteiger partial charge in [0.1, 0.15) is 5.75 Å². The Morgan fingerprint density at radius 2 is 2.19 bits per heavy atom. The fourth-order valence-corrected chi connectivity index (χ4v) is 2.46. The van der Waals surface area contributed by atoms with Gasteiger partial charge < -0.3 is 15.4 Å². The molecule has 1 fully saturated rings. The number of hydrogen-bond donors (Lipinski definition) is 2. The number of amides is 1. The largest absolute Gasteiger partial charge is 0.482 e. The fourth-order valence-electron chi connectivity index (χ4n) is 1.94. The molecule has 2 rings (SSSR count). The molecule has 1 aliphatic rings. The van der Waals surface area contributed by atoms with E-state index in [2.05, 4.69) is 40.4 Å². The predicted molar refractivity (Wildman–Crippen MR) is 87.3 cm³/mol. The normalized spacial score (nSPS) is 14.3. The van der Waals surface area contributed by atoms with Crippen LogP contribution in [0.5, 0.6) is 5.75 Å². The zero-order valence-corrected chi connectivity index (χ0v) is 14.2. The van der Waals surface area contributed by atoms with E-state index in [9.17, 15) is 4.79 Å². The van der Waals surface area contributed by atoms with Gasteiger partial charge in [-0.2, -0.15) is 0 Å². The van der Waals surface area contributed by atoms with Gasteiger partial charge in [-0.3, -0.25) is 4.79 Å². The van der Waals surface area contributed by atoms with E-state index in [4.69, 9.17) is 4.74 Å². The van der Waals surface area contributed by atoms with Crippen molar-refractivity contribution in [1.82, 2.24) is 10.6 Å². The van der Waals surface area contributed by atoms with Crippen LogP contribution in [0, 0.1) is 5.92 Å². The monoisotopic (exact) mass is 354 g/mol. The molecular weight excluding hydrogens is 332 g/mol. The molecule has 0 atom stereocenters. The molecule has 0 aromatic heterocycles. The molecular formula is C16H23BrN2O2. The second-order valence-electron chi connectivity index (χ2n) is 5.80. The lowest BCUT2D eigenvalue weighted by atomic mass is 10.2. The summed E-state index contributed by atoms with van der Waals surface area (Å²) < 4.78 is 6.59. The van der Waals surface area contributed by atoms with E-state index in [1.54, 1.807) is 0 Å². The summed E-state index contributed by atoms with van der Waals surface area (Å²) in [6, 6.07) is 6.31. The maximum absolute atomic E-state index is 11.8. The Bertz CT molecular complexity index is 487. The molecule has 21 heavy (non-hydrogen) atoms. The van der Waals surface area contributed by atoms with Crippen molar-refractivity contribution in [3.8, 4) is 5.75 Å². The molecule has 0 bridgehead atoms. The average Bonchev–Trinajstić information content (AvgIpc) is 3.26. The number of benzene rings is 1. The highest BCUT2D eigenvalue weighted by Gasteiger charge is 2.21. The van der Waals surface area contributed by atoms with Crippen molar-refractivity contribution in [3.05, 3.63) is 28.2 Å². The quantitative estimate of drug-likeness (QED) is 0.754. The minimum atomic E-state index is -0.0552. The number of nitrogens with one attached hydrogen (secondary N) is 2. The number of hydrogen-bond acceptors (Lipinski definition) is 3. The highest BCUT2D eigenvalue weighted by Crippen LogP contribution is 2.29. The Kier molecular flexibility index (Phi) is 6.06. The molecule has 0 radical (unpaired) electrons. The van der Waals surface area contributed by atoms with Crippen molar-refractivity contribution >= 4 is 21.8 Å². The molecule has 5 heteroatoms. The van der Waals surface area contributed by atoms with Gasteiger partial charge in [-0.15, -0.1) is 0 Å². The van der Waals surface area contributed by atoms with Gasteiger partial charge in [0.2, 0.25) is 0 Å². The van der Waals surface area contributed by atoms with Gasteiger partial charge in [0.15, 0.2) is 6.61 Å². The van der Waals surface area contributed by atoms with Gasteiger partial charge in [-0.1, -0.05) is 26.0 Å². The van der Waals surface area contributed by atoms with Crippen LogP contribution in [0.25, 0.3) is 0 Å². The number of carbonyl (C=O) groups is 1. The smallest absolute Gasteiger partial charge is 0.257 e. The molecule has 2 N–H and O–H groups in total. The molecule has 1 aromatic rings. The van der Waals surface area contributed by atoms with Gasteiger partial charge in [0.25, 0.3) is 5.91 Å². The van der Waals surface area contributed by atoms with Crippen LogP contribution in [0.3, 0.4) is 0 Å². The second kappa shape index (κ2) is 7.80. The SMILES string of the molecule is CC(C)NCc1cccc(Br)c1OCC(=O)NCC1CC1. The second-order valence-corrected chi connectivity index (χ2v) is 6.65. The first-order chi connectivity index (χ1) is 10.1. The van der Waals surface area contributed by atoms with Crippen molar-refractivity contribution in [3.63, 3.8) is 0 Å². The summed E-state index contributed by atoms with van der Waals surface area (Å²) in [5.74, 6) is 1.37. The van der Waals surface area contributed by atoms with E-state index < -0.39 is 0 Å². The Balaban J connectivity index is 1.88. The average molecular weight is 355 g/mol. The summed E-state index contributed by atoms with van der Waals surface area (Å²) in [4.78, 5) is 11.8. The minimum absolute atomic E-state index is 0.0552. The summed E-state index contributed by atoms with van der Waals surface area (Å²) in [5, 5.41) is 6.27. The number of carbonyl (C=O) groups excluding carboxylic acids is 1. The molecule has 0 heterocycles. The highest BCUT2D eigenvalue weighted by molar-refractivity contribution is 9.10. The summed E-state index contributed by atoms with van der Waals surface area (Å²) in [5.41, 5.74) is 1.05. The van der Waals surface area contributed by atoms with Crippen LogP contribution in [0.4, 0.5) is 0 Å². The lowest BCUT2D eigenvalue weighted by molar-refractivity contribution is -0.123. The van der Waals surface area contributed by atoms with Crippen molar-refractivity contribution in [1.29, 1.82) is 0 Å². The summed E-state index contributed by atoms with van der Waals surface area (Å²) in [6.07, 6.45) is 2.47. The molecule has 0 aliphatic heterocycles.